The van der Waals surface area contributed by atoms with Crippen LogP contribution in [0.1, 0.15) is 30.5 Å². The zero-order valence-corrected chi connectivity index (χ0v) is 22.2. The summed E-state index contributed by atoms with van der Waals surface area (Å²) < 4.78 is 4.94. The van der Waals surface area contributed by atoms with Gasteiger partial charge in [0.1, 0.15) is 5.82 Å². The molecule has 3 heterocycles. The number of hydrogen-bond acceptors (Lipinski definition) is 8. The molecule has 2 aromatic heterocycles. The maximum Gasteiger partial charge on any atom is 0.330 e. The molecule has 0 radical (unpaired) electrons. The second-order valence-corrected chi connectivity index (χ2v) is 9.27. The number of carbonyl (C=O) groups excluding carboxylic acids is 1. The van der Waals surface area contributed by atoms with Gasteiger partial charge in [-0.2, -0.15) is 0 Å². The average Bonchev–Trinajstić information content (AvgIpc) is 2.92. The number of carbonyl (C=O) groups is 1. The van der Waals surface area contributed by atoms with Crippen molar-refractivity contribution in [3.05, 3.63) is 71.7 Å². The molecule has 0 bridgehead atoms. The van der Waals surface area contributed by atoms with Crippen molar-refractivity contribution in [1.82, 2.24) is 19.9 Å². The van der Waals surface area contributed by atoms with Gasteiger partial charge in [0.15, 0.2) is 0 Å². The zero-order chi connectivity index (χ0) is 26.2. The summed E-state index contributed by atoms with van der Waals surface area (Å²) >= 11 is 0. The Labute approximate surface area is 219 Å². The van der Waals surface area contributed by atoms with Crippen LogP contribution < -0.4 is 9.80 Å². The van der Waals surface area contributed by atoms with Gasteiger partial charge in [0, 0.05) is 63.0 Å². The molecule has 37 heavy (non-hydrogen) atoms. The lowest BCUT2D eigenvalue weighted by molar-refractivity contribution is -0.137. The summed E-state index contributed by atoms with van der Waals surface area (Å²) in [4.78, 5) is 32.4. The monoisotopic (exact) mass is 500 g/mol. The highest BCUT2D eigenvalue weighted by molar-refractivity contribution is 5.87. The van der Waals surface area contributed by atoms with Gasteiger partial charge in [0.2, 0.25) is 5.95 Å². The Morgan fingerprint density at radius 3 is 2.41 bits per heavy atom. The lowest BCUT2D eigenvalue weighted by Gasteiger charge is -2.36. The molecular formula is C29H36N6O2. The number of nitrogens with zero attached hydrogens (tertiary/aromatic N) is 6. The molecule has 0 amide bonds. The van der Waals surface area contributed by atoms with Gasteiger partial charge in [0.25, 0.3) is 0 Å². The first kappa shape index (κ1) is 26.3. The van der Waals surface area contributed by atoms with E-state index in [1.54, 1.807) is 19.2 Å². The minimum Gasteiger partial charge on any atom is -0.463 e. The topological polar surface area (TPSA) is 74.7 Å². The number of aromatic nitrogens is 3. The number of esters is 1. The van der Waals surface area contributed by atoms with E-state index in [-0.39, 0.29) is 5.97 Å². The molecule has 0 N–H and O–H groups in total. The van der Waals surface area contributed by atoms with E-state index in [1.165, 1.54) is 11.6 Å². The van der Waals surface area contributed by atoms with Crippen molar-refractivity contribution >= 4 is 23.8 Å². The first-order valence-electron chi connectivity index (χ1n) is 12.9. The third-order valence-corrected chi connectivity index (χ3v) is 6.52. The zero-order valence-electron chi connectivity index (χ0n) is 22.2. The van der Waals surface area contributed by atoms with Crippen molar-refractivity contribution < 1.29 is 9.53 Å². The molecule has 1 fully saturated rings. The molecule has 0 aliphatic carbocycles. The van der Waals surface area contributed by atoms with E-state index >= 15 is 0 Å². The van der Waals surface area contributed by atoms with E-state index in [1.807, 2.05) is 25.4 Å². The maximum atomic E-state index is 11.6. The molecule has 1 aliphatic heterocycles. The number of aryl methyl sites for hydroxylation is 1. The van der Waals surface area contributed by atoms with Gasteiger partial charge in [0.05, 0.1) is 6.61 Å². The summed E-state index contributed by atoms with van der Waals surface area (Å²) in [5, 5.41) is 0. The van der Waals surface area contributed by atoms with Crippen molar-refractivity contribution in [2.75, 3.05) is 56.2 Å². The Morgan fingerprint density at radius 1 is 1.00 bits per heavy atom. The van der Waals surface area contributed by atoms with E-state index < -0.39 is 0 Å². The molecule has 1 saturated heterocycles. The smallest absolute Gasteiger partial charge is 0.330 e. The Hall–Kier alpha value is -3.78. The van der Waals surface area contributed by atoms with Crippen LogP contribution in [0.15, 0.2) is 55.0 Å². The molecule has 0 atom stereocenters. The molecule has 194 valence electrons. The van der Waals surface area contributed by atoms with E-state index in [0.717, 1.165) is 73.3 Å². The summed E-state index contributed by atoms with van der Waals surface area (Å²) in [6, 6.07) is 10.6. The highest BCUT2D eigenvalue weighted by Crippen LogP contribution is 2.23. The maximum absolute atomic E-state index is 11.6. The van der Waals surface area contributed by atoms with Gasteiger partial charge < -0.3 is 19.4 Å². The Morgan fingerprint density at radius 2 is 1.73 bits per heavy atom. The highest BCUT2D eigenvalue weighted by atomic mass is 16.5. The van der Waals surface area contributed by atoms with Gasteiger partial charge in [-0.3, -0.25) is 0 Å². The van der Waals surface area contributed by atoms with Gasteiger partial charge >= 0.3 is 5.97 Å². The number of piperazine rings is 1. The average molecular weight is 501 g/mol. The highest BCUT2D eigenvalue weighted by Gasteiger charge is 2.21. The molecule has 0 spiro atoms. The summed E-state index contributed by atoms with van der Waals surface area (Å²) in [5.41, 5.74) is 5.41. The predicted molar refractivity (Wildman–Crippen MR) is 149 cm³/mol. The van der Waals surface area contributed by atoms with Crippen molar-refractivity contribution in [2.45, 2.75) is 27.3 Å². The van der Waals surface area contributed by atoms with E-state index in [4.69, 9.17) is 4.74 Å². The molecule has 0 unspecified atom stereocenters. The second kappa shape index (κ2) is 12.5. The van der Waals surface area contributed by atoms with Crippen LogP contribution in [0, 0.1) is 6.92 Å². The minimum absolute atomic E-state index is 0.344. The van der Waals surface area contributed by atoms with Gasteiger partial charge in [-0.25, -0.2) is 19.7 Å². The van der Waals surface area contributed by atoms with E-state index in [2.05, 4.69) is 67.9 Å². The van der Waals surface area contributed by atoms with Crippen molar-refractivity contribution in [3.63, 3.8) is 0 Å². The first-order valence-corrected chi connectivity index (χ1v) is 12.9. The molecule has 0 saturated carbocycles. The second-order valence-electron chi connectivity index (χ2n) is 9.27. The number of anilines is 2. The van der Waals surface area contributed by atoms with Crippen LogP contribution in [-0.4, -0.2) is 72.2 Å². The molecule has 3 aromatic rings. The Bertz CT molecular complexity index is 1220. The van der Waals surface area contributed by atoms with Crippen molar-refractivity contribution in [3.8, 4) is 11.1 Å². The molecular weight excluding hydrogens is 464 g/mol. The minimum atomic E-state index is -0.344. The lowest BCUT2D eigenvalue weighted by atomic mass is 10.1. The molecule has 1 aromatic carbocycles. The summed E-state index contributed by atoms with van der Waals surface area (Å²) in [6.45, 7) is 11.6. The van der Waals surface area contributed by atoms with Crippen molar-refractivity contribution in [1.29, 1.82) is 0 Å². The molecule has 8 nitrogen and oxygen atoms in total. The van der Waals surface area contributed by atoms with Crippen molar-refractivity contribution in [2.24, 2.45) is 0 Å². The van der Waals surface area contributed by atoms with Crippen LogP contribution in [0.5, 0.6) is 0 Å². The van der Waals surface area contributed by atoms with Crippen LogP contribution in [0.2, 0.25) is 0 Å². The molecule has 1 aliphatic rings. The van der Waals surface area contributed by atoms with Gasteiger partial charge in [-0.05, 0) is 67.9 Å². The number of pyridine rings is 1. The predicted octanol–water partition coefficient (Wildman–Crippen LogP) is 4.20. The van der Waals surface area contributed by atoms with E-state index in [9.17, 15) is 4.79 Å². The lowest BCUT2D eigenvalue weighted by Crippen LogP contribution is -2.47. The van der Waals surface area contributed by atoms with E-state index in [0.29, 0.717) is 6.61 Å². The number of benzene rings is 1. The van der Waals surface area contributed by atoms with Gasteiger partial charge in [-0.15, -0.1) is 0 Å². The van der Waals surface area contributed by atoms with Crippen LogP contribution in [-0.2, 0) is 16.1 Å². The fraction of sp³-hybridized carbons (Fsp3) is 0.379. The van der Waals surface area contributed by atoms with Crippen LogP contribution in [0.3, 0.4) is 0 Å². The fourth-order valence-electron chi connectivity index (χ4n) is 4.39. The summed E-state index contributed by atoms with van der Waals surface area (Å²) in [7, 11) is 2.13. The third-order valence-electron chi connectivity index (χ3n) is 6.52. The molecule has 4 rings (SSSR count). The number of hydrogen-bond donors (Lipinski definition) is 0. The quantitative estimate of drug-likeness (QED) is 0.320. The fourth-order valence-corrected chi connectivity index (χ4v) is 4.39. The largest absolute Gasteiger partial charge is 0.463 e. The summed E-state index contributed by atoms with van der Waals surface area (Å²) in [6.07, 6.45) is 8.81. The van der Waals surface area contributed by atoms with Gasteiger partial charge in [-0.1, -0.05) is 25.1 Å². The van der Waals surface area contributed by atoms with Crippen LogP contribution in [0.4, 0.5) is 11.8 Å². The Balaban J connectivity index is 1.36. The SMILES string of the molecule is CCOC(=O)/C=C/c1cnc(N2CCN(c3ncc(-c4cccc(CN(C)CC)c4)cn3)CC2)c(C)c1. The number of rotatable bonds is 9. The Kier molecular flexibility index (Phi) is 8.85. The standard InChI is InChI=1S/C29H36N6O2/c1-5-33(4)21-24-8-7-9-25(17-24)26-19-31-29(32-20-26)35-14-12-34(13-15-35)28-22(3)16-23(18-30-28)10-11-27(36)37-6-2/h7-11,16-20H,5-6,12-15,21H2,1-4H3/b11-10+. The molecule has 8 heteroatoms. The summed E-state index contributed by atoms with van der Waals surface area (Å²) in [5.74, 6) is 1.39. The third kappa shape index (κ3) is 6.92. The number of ether oxygens (including phenoxy) is 1. The normalized spacial score (nSPS) is 14.0. The van der Waals surface area contributed by atoms with Crippen LogP contribution in [0.25, 0.3) is 17.2 Å². The first-order chi connectivity index (χ1) is 18.0. The van der Waals surface area contributed by atoms with Crippen LogP contribution >= 0.6 is 0 Å².